The number of rotatable bonds is 12. The Bertz CT molecular complexity index is 1240. The Morgan fingerprint density at radius 2 is 1.28 bits per heavy atom. The highest BCUT2D eigenvalue weighted by Gasteiger charge is 2.17. The van der Waals surface area contributed by atoms with Gasteiger partial charge in [0.1, 0.15) is 13.2 Å². The first-order chi connectivity index (χ1) is 17.7. The van der Waals surface area contributed by atoms with E-state index in [0.717, 1.165) is 27.8 Å². The highest BCUT2D eigenvalue weighted by molar-refractivity contribution is 5.76. The van der Waals surface area contributed by atoms with Gasteiger partial charge in [0.15, 0.2) is 0 Å². The summed E-state index contributed by atoms with van der Waals surface area (Å²) < 4.78 is 5.49. The highest BCUT2D eigenvalue weighted by atomic mass is 16.7. The van der Waals surface area contributed by atoms with Gasteiger partial charge in [-0.1, -0.05) is 103 Å². The van der Waals surface area contributed by atoms with Gasteiger partial charge in [-0.15, -0.1) is 0 Å². The number of esters is 1. The Morgan fingerprint density at radius 1 is 0.694 bits per heavy atom. The summed E-state index contributed by atoms with van der Waals surface area (Å²) >= 11 is 0. The smallest absolute Gasteiger partial charge is 0.306 e. The van der Waals surface area contributed by atoms with E-state index in [1.807, 2.05) is 97.1 Å². The van der Waals surface area contributed by atoms with Crippen LogP contribution in [0.2, 0.25) is 0 Å². The summed E-state index contributed by atoms with van der Waals surface area (Å²) in [5, 5.41) is 1.26. The van der Waals surface area contributed by atoms with Crippen molar-refractivity contribution in [3.8, 4) is 0 Å². The third-order valence-corrected chi connectivity index (χ3v) is 5.85. The number of carbonyl (C=O) groups excluding carboxylic acids is 2. The van der Waals surface area contributed by atoms with Gasteiger partial charge in [-0.3, -0.25) is 14.4 Å². The predicted octanol–water partition coefficient (Wildman–Crippen LogP) is 6.05. The number of benzene rings is 4. The van der Waals surface area contributed by atoms with Crippen molar-refractivity contribution in [3.63, 3.8) is 0 Å². The topological polar surface area (TPSA) is 55.8 Å². The summed E-state index contributed by atoms with van der Waals surface area (Å²) in [6, 6.07) is 35.2. The fourth-order valence-electron chi connectivity index (χ4n) is 4.01. The lowest BCUT2D eigenvalue weighted by Crippen LogP contribution is -2.23. The Labute approximate surface area is 211 Å². The van der Waals surface area contributed by atoms with E-state index in [-0.39, 0.29) is 25.6 Å². The molecule has 0 unspecified atom stereocenters. The van der Waals surface area contributed by atoms with E-state index in [2.05, 4.69) is 12.1 Å². The van der Waals surface area contributed by atoms with Crippen LogP contribution in [0.5, 0.6) is 0 Å². The molecule has 0 aromatic heterocycles. The molecule has 0 atom stereocenters. The average Bonchev–Trinajstić information content (AvgIpc) is 2.93. The molecule has 182 valence electrons. The number of hydrogen-bond acceptors (Lipinski definition) is 4. The highest BCUT2D eigenvalue weighted by Crippen LogP contribution is 2.28. The molecule has 0 aliphatic carbocycles. The Morgan fingerprint density at radius 3 is 1.89 bits per heavy atom. The van der Waals surface area contributed by atoms with Gasteiger partial charge >= 0.3 is 5.97 Å². The van der Waals surface area contributed by atoms with Gasteiger partial charge in [-0.2, -0.15) is 5.06 Å². The molecule has 0 saturated heterocycles. The zero-order valence-corrected chi connectivity index (χ0v) is 20.1. The second-order valence-corrected chi connectivity index (χ2v) is 8.41. The standard InChI is InChI=1S/C31H29NO4/c33-24-32(36-23-27-15-8-3-9-16-27)30-18-10-17-28(21-25-11-4-1-5-12-25)29(30)19-20-31(34)35-22-26-13-6-2-7-14-26/h1-18,24H,19-23H2. The summed E-state index contributed by atoms with van der Waals surface area (Å²) in [5.74, 6) is -0.290. The molecular formula is C31H29NO4. The molecule has 1 amide bonds. The van der Waals surface area contributed by atoms with Crippen LogP contribution in [0.15, 0.2) is 109 Å². The van der Waals surface area contributed by atoms with Crippen LogP contribution in [0.3, 0.4) is 0 Å². The lowest BCUT2D eigenvalue weighted by Gasteiger charge is -2.22. The van der Waals surface area contributed by atoms with E-state index in [1.165, 1.54) is 5.06 Å². The molecule has 5 heteroatoms. The van der Waals surface area contributed by atoms with Crippen LogP contribution in [0.4, 0.5) is 5.69 Å². The maximum absolute atomic E-state index is 12.6. The van der Waals surface area contributed by atoms with E-state index in [9.17, 15) is 9.59 Å². The monoisotopic (exact) mass is 479 g/mol. The molecule has 4 aromatic rings. The quantitative estimate of drug-likeness (QED) is 0.141. The largest absolute Gasteiger partial charge is 0.461 e. The van der Waals surface area contributed by atoms with Crippen molar-refractivity contribution in [2.75, 3.05) is 5.06 Å². The molecule has 0 saturated carbocycles. The number of ether oxygens (including phenoxy) is 1. The van der Waals surface area contributed by atoms with Crippen molar-refractivity contribution >= 4 is 18.1 Å². The van der Waals surface area contributed by atoms with Gasteiger partial charge in [0.25, 0.3) is 0 Å². The van der Waals surface area contributed by atoms with E-state index in [4.69, 9.17) is 9.57 Å². The third kappa shape index (κ3) is 7.14. The second-order valence-electron chi connectivity index (χ2n) is 8.41. The number of nitrogens with zero attached hydrogens (tertiary/aromatic N) is 1. The van der Waals surface area contributed by atoms with Gasteiger partial charge in [-0.25, -0.2) is 0 Å². The molecule has 5 nitrogen and oxygen atoms in total. The zero-order valence-electron chi connectivity index (χ0n) is 20.1. The van der Waals surface area contributed by atoms with Crippen molar-refractivity contribution < 1.29 is 19.2 Å². The Kier molecular flexibility index (Phi) is 9.01. The fourth-order valence-corrected chi connectivity index (χ4v) is 4.01. The van der Waals surface area contributed by atoms with Crippen molar-refractivity contribution in [2.45, 2.75) is 32.5 Å². The zero-order chi connectivity index (χ0) is 25.0. The summed E-state index contributed by atoms with van der Waals surface area (Å²) in [5.41, 5.74) is 5.59. The predicted molar refractivity (Wildman–Crippen MR) is 140 cm³/mol. The van der Waals surface area contributed by atoms with Crippen LogP contribution in [-0.4, -0.2) is 12.4 Å². The van der Waals surface area contributed by atoms with Gasteiger partial charge < -0.3 is 4.74 Å². The average molecular weight is 480 g/mol. The van der Waals surface area contributed by atoms with Crippen molar-refractivity contribution in [1.29, 1.82) is 0 Å². The van der Waals surface area contributed by atoms with E-state index in [1.54, 1.807) is 0 Å². The van der Waals surface area contributed by atoms with Crippen LogP contribution in [0.1, 0.15) is 34.2 Å². The molecule has 0 aliphatic rings. The van der Waals surface area contributed by atoms with Crippen LogP contribution in [0, 0.1) is 0 Å². The molecule has 0 spiro atoms. The van der Waals surface area contributed by atoms with Crippen molar-refractivity contribution in [3.05, 3.63) is 137 Å². The number of hydroxylamine groups is 1. The first kappa shape index (κ1) is 24.9. The Balaban J connectivity index is 1.52. The lowest BCUT2D eigenvalue weighted by atomic mass is 9.95. The molecule has 0 aliphatic heterocycles. The molecule has 0 fully saturated rings. The number of anilines is 1. The minimum absolute atomic E-state index is 0.191. The van der Waals surface area contributed by atoms with E-state index in [0.29, 0.717) is 24.9 Å². The van der Waals surface area contributed by atoms with Gasteiger partial charge in [0.2, 0.25) is 6.41 Å². The first-order valence-corrected chi connectivity index (χ1v) is 12.0. The van der Waals surface area contributed by atoms with Gasteiger partial charge in [0.05, 0.1) is 5.69 Å². The SMILES string of the molecule is O=CN(OCc1ccccc1)c1cccc(Cc2ccccc2)c1CCC(=O)OCc1ccccc1. The molecule has 4 rings (SSSR count). The molecule has 0 heterocycles. The van der Waals surface area contributed by atoms with Crippen LogP contribution in [0.25, 0.3) is 0 Å². The molecule has 4 aromatic carbocycles. The molecule has 0 N–H and O–H groups in total. The van der Waals surface area contributed by atoms with Crippen LogP contribution >= 0.6 is 0 Å². The van der Waals surface area contributed by atoms with Gasteiger partial charge in [0, 0.05) is 6.42 Å². The van der Waals surface area contributed by atoms with E-state index < -0.39 is 0 Å². The maximum atomic E-state index is 12.6. The van der Waals surface area contributed by atoms with Gasteiger partial charge in [-0.05, 0) is 46.7 Å². The maximum Gasteiger partial charge on any atom is 0.306 e. The second kappa shape index (κ2) is 13.0. The van der Waals surface area contributed by atoms with E-state index >= 15 is 0 Å². The first-order valence-electron chi connectivity index (χ1n) is 12.0. The molecular weight excluding hydrogens is 450 g/mol. The summed E-state index contributed by atoms with van der Waals surface area (Å²) in [6.07, 6.45) is 1.96. The van der Waals surface area contributed by atoms with Crippen molar-refractivity contribution in [2.24, 2.45) is 0 Å². The fraction of sp³-hybridized carbons (Fsp3) is 0.161. The third-order valence-electron chi connectivity index (χ3n) is 5.85. The normalized spacial score (nSPS) is 10.6. The molecule has 0 radical (unpaired) electrons. The minimum Gasteiger partial charge on any atom is -0.461 e. The number of amides is 1. The lowest BCUT2D eigenvalue weighted by molar-refractivity contribution is -0.144. The summed E-state index contributed by atoms with van der Waals surface area (Å²) in [4.78, 5) is 30.5. The van der Waals surface area contributed by atoms with Crippen LogP contribution < -0.4 is 5.06 Å². The molecule has 36 heavy (non-hydrogen) atoms. The number of hydrogen-bond donors (Lipinski definition) is 0. The minimum atomic E-state index is -0.290. The summed E-state index contributed by atoms with van der Waals surface area (Å²) in [7, 11) is 0. The van der Waals surface area contributed by atoms with Crippen LogP contribution in [-0.2, 0) is 45.2 Å². The number of carbonyl (C=O) groups is 2. The summed E-state index contributed by atoms with van der Waals surface area (Å²) in [6.45, 7) is 0.486. The molecule has 0 bridgehead atoms. The van der Waals surface area contributed by atoms with Crippen molar-refractivity contribution in [1.82, 2.24) is 0 Å². The Hall–Kier alpha value is -4.22.